The third kappa shape index (κ3) is 4.03. The lowest BCUT2D eigenvalue weighted by atomic mass is 9.91. The summed E-state index contributed by atoms with van der Waals surface area (Å²) in [7, 11) is -3.10. The number of thiophene rings is 1. The molecule has 2 heterocycles. The summed E-state index contributed by atoms with van der Waals surface area (Å²) in [5.41, 5.74) is 3.57. The van der Waals surface area contributed by atoms with Crippen LogP contribution in [0.5, 0.6) is 0 Å². The zero-order valence-corrected chi connectivity index (χ0v) is 18.7. The second kappa shape index (κ2) is 8.15. The van der Waals surface area contributed by atoms with Crippen LogP contribution in [-0.4, -0.2) is 55.4 Å². The second-order valence-corrected chi connectivity index (χ2v) is 11.1. The van der Waals surface area contributed by atoms with Crippen LogP contribution in [0, 0.1) is 0 Å². The number of carbonyl (C=O) groups is 2. The van der Waals surface area contributed by atoms with Crippen LogP contribution in [0.25, 0.3) is 10.4 Å². The molecule has 1 fully saturated rings. The number of sulfone groups is 1. The van der Waals surface area contributed by atoms with Gasteiger partial charge in [-0.05, 0) is 55.9 Å². The molecule has 2 unspecified atom stereocenters. The van der Waals surface area contributed by atoms with Crippen molar-refractivity contribution in [1.82, 2.24) is 4.90 Å². The van der Waals surface area contributed by atoms with Crippen LogP contribution in [0.15, 0.2) is 30.3 Å². The minimum atomic E-state index is -3.10. The molecule has 0 bridgehead atoms. The predicted molar refractivity (Wildman–Crippen MR) is 116 cm³/mol. The van der Waals surface area contributed by atoms with Gasteiger partial charge in [0, 0.05) is 17.5 Å². The van der Waals surface area contributed by atoms with Crippen molar-refractivity contribution in [3.05, 3.63) is 46.3 Å². The number of ether oxygens (including phenoxy) is 1. The van der Waals surface area contributed by atoms with Gasteiger partial charge in [0.1, 0.15) is 4.88 Å². The summed E-state index contributed by atoms with van der Waals surface area (Å²) in [5, 5.41) is 0. The minimum Gasteiger partial charge on any atom is -0.448 e. The number of rotatable bonds is 5. The highest BCUT2D eigenvalue weighted by molar-refractivity contribution is 7.91. The predicted octanol–water partition coefficient (Wildman–Crippen LogP) is 3.09. The maximum absolute atomic E-state index is 12.9. The summed E-state index contributed by atoms with van der Waals surface area (Å²) in [6.07, 6.45) is 1.29. The van der Waals surface area contributed by atoms with E-state index < -0.39 is 21.9 Å². The molecule has 1 amide bonds. The van der Waals surface area contributed by atoms with Crippen molar-refractivity contribution < 1.29 is 22.7 Å². The lowest BCUT2D eigenvalue weighted by molar-refractivity contribution is -0.141. The van der Waals surface area contributed by atoms with Crippen molar-refractivity contribution in [2.24, 2.45) is 0 Å². The first kappa shape index (κ1) is 21.1. The van der Waals surface area contributed by atoms with Gasteiger partial charge in [-0.3, -0.25) is 4.79 Å². The van der Waals surface area contributed by atoms with Crippen LogP contribution in [0.2, 0.25) is 0 Å². The molecule has 0 saturated carbocycles. The molecular formula is C22H25NO5S2. The fourth-order valence-electron chi connectivity index (χ4n) is 4.29. The maximum atomic E-state index is 12.9. The van der Waals surface area contributed by atoms with E-state index in [1.165, 1.54) is 21.8 Å². The number of fused-ring (bicyclic) bond motifs is 3. The molecule has 1 aromatic heterocycles. The van der Waals surface area contributed by atoms with Gasteiger partial charge in [-0.1, -0.05) is 24.3 Å². The Kier molecular flexibility index (Phi) is 5.72. The number of aryl methyl sites for hydroxylation is 2. The Morgan fingerprint density at radius 2 is 1.97 bits per heavy atom. The first-order valence-electron chi connectivity index (χ1n) is 10.2. The summed E-state index contributed by atoms with van der Waals surface area (Å²) < 4.78 is 29.0. The molecule has 1 aliphatic carbocycles. The van der Waals surface area contributed by atoms with Gasteiger partial charge in [-0.15, -0.1) is 11.3 Å². The van der Waals surface area contributed by atoms with E-state index in [1.54, 1.807) is 6.92 Å². The highest BCUT2D eigenvalue weighted by Crippen LogP contribution is 2.39. The largest absolute Gasteiger partial charge is 0.448 e. The van der Waals surface area contributed by atoms with Crippen molar-refractivity contribution in [3.8, 4) is 10.4 Å². The Morgan fingerprint density at radius 3 is 2.67 bits per heavy atom. The Labute approximate surface area is 180 Å². The van der Waals surface area contributed by atoms with Crippen molar-refractivity contribution >= 4 is 33.1 Å². The number of hydrogen-bond donors (Lipinski definition) is 0. The SMILES string of the molecule is CCN(C(=O)C(C)OC(=O)c1cc2c(s1)-c1ccccc1CC2)C1CCS(=O)(=O)C1. The molecule has 30 heavy (non-hydrogen) atoms. The van der Waals surface area contributed by atoms with E-state index in [1.807, 2.05) is 25.1 Å². The average molecular weight is 448 g/mol. The first-order chi connectivity index (χ1) is 14.3. The van der Waals surface area contributed by atoms with Crippen molar-refractivity contribution in [2.75, 3.05) is 18.1 Å². The van der Waals surface area contributed by atoms with Gasteiger partial charge in [0.2, 0.25) is 0 Å². The zero-order chi connectivity index (χ0) is 21.5. The maximum Gasteiger partial charge on any atom is 0.349 e. The molecule has 8 heteroatoms. The van der Waals surface area contributed by atoms with Crippen molar-refractivity contribution in [3.63, 3.8) is 0 Å². The van der Waals surface area contributed by atoms with E-state index in [0.717, 1.165) is 28.8 Å². The van der Waals surface area contributed by atoms with E-state index >= 15 is 0 Å². The normalized spacial score (nSPS) is 20.1. The fraction of sp³-hybridized carbons (Fsp3) is 0.455. The molecule has 0 spiro atoms. The Balaban J connectivity index is 1.47. The summed E-state index contributed by atoms with van der Waals surface area (Å²) in [6.45, 7) is 3.74. The number of carbonyl (C=O) groups excluding carboxylic acids is 2. The molecule has 2 aliphatic rings. The average Bonchev–Trinajstić information content (AvgIpc) is 3.31. The Morgan fingerprint density at radius 1 is 1.23 bits per heavy atom. The molecule has 1 saturated heterocycles. The molecule has 2 aromatic rings. The number of benzene rings is 1. The molecule has 4 rings (SSSR count). The third-order valence-electron chi connectivity index (χ3n) is 5.84. The quantitative estimate of drug-likeness (QED) is 0.658. The van der Waals surface area contributed by atoms with Crippen LogP contribution in [-0.2, 0) is 32.2 Å². The van der Waals surface area contributed by atoms with E-state index in [0.29, 0.717) is 17.8 Å². The second-order valence-electron chi connectivity index (χ2n) is 7.85. The minimum absolute atomic E-state index is 0.0235. The molecule has 1 aromatic carbocycles. The van der Waals surface area contributed by atoms with Gasteiger partial charge in [0.25, 0.3) is 5.91 Å². The topological polar surface area (TPSA) is 80.8 Å². The van der Waals surface area contributed by atoms with E-state index in [4.69, 9.17) is 4.74 Å². The standard InChI is InChI=1S/C22H25NO5S2/c1-3-23(17-10-11-30(26,27)13-17)21(24)14(2)28-22(25)19-12-16-9-8-15-6-4-5-7-18(15)20(16)29-19/h4-7,12,14,17H,3,8-11,13H2,1-2H3. The number of esters is 1. The van der Waals surface area contributed by atoms with Gasteiger partial charge >= 0.3 is 5.97 Å². The van der Waals surface area contributed by atoms with Gasteiger partial charge in [0.05, 0.1) is 11.5 Å². The highest BCUT2D eigenvalue weighted by atomic mass is 32.2. The van der Waals surface area contributed by atoms with E-state index in [9.17, 15) is 18.0 Å². The van der Waals surface area contributed by atoms with Crippen LogP contribution in [0.4, 0.5) is 0 Å². The lowest BCUT2D eigenvalue weighted by Crippen LogP contribution is -2.46. The van der Waals surface area contributed by atoms with Gasteiger partial charge in [0.15, 0.2) is 15.9 Å². The lowest BCUT2D eigenvalue weighted by Gasteiger charge is -2.29. The number of likely N-dealkylation sites (N-methyl/N-ethyl adjacent to an activating group) is 1. The Hall–Kier alpha value is -2.19. The van der Waals surface area contributed by atoms with Crippen LogP contribution < -0.4 is 0 Å². The first-order valence-corrected chi connectivity index (χ1v) is 12.9. The molecule has 0 N–H and O–H groups in total. The summed E-state index contributed by atoms with van der Waals surface area (Å²) in [4.78, 5) is 28.7. The number of amides is 1. The van der Waals surface area contributed by atoms with Gasteiger partial charge < -0.3 is 9.64 Å². The van der Waals surface area contributed by atoms with Gasteiger partial charge in [-0.2, -0.15) is 0 Å². The van der Waals surface area contributed by atoms with Crippen molar-refractivity contribution in [2.45, 2.75) is 45.3 Å². The number of nitrogens with zero attached hydrogens (tertiary/aromatic N) is 1. The summed E-state index contributed by atoms with van der Waals surface area (Å²) in [5.74, 6) is -0.787. The van der Waals surface area contributed by atoms with Crippen LogP contribution in [0.1, 0.15) is 41.1 Å². The molecule has 2 atom stereocenters. The number of hydrogen-bond acceptors (Lipinski definition) is 6. The smallest absolute Gasteiger partial charge is 0.349 e. The molecule has 6 nitrogen and oxygen atoms in total. The van der Waals surface area contributed by atoms with Crippen LogP contribution in [0.3, 0.4) is 0 Å². The molecule has 160 valence electrons. The molecule has 1 aliphatic heterocycles. The Bertz CT molecular complexity index is 1090. The highest BCUT2D eigenvalue weighted by Gasteiger charge is 2.36. The van der Waals surface area contributed by atoms with E-state index in [2.05, 4.69) is 12.1 Å². The monoisotopic (exact) mass is 447 g/mol. The van der Waals surface area contributed by atoms with Crippen LogP contribution >= 0.6 is 11.3 Å². The van der Waals surface area contributed by atoms with E-state index in [-0.39, 0.29) is 23.5 Å². The zero-order valence-electron chi connectivity index (χ0n) is 17.1. The molecule has 0 radical (unpaired) electrons. The van der Waals surface area contributed by atoms with Crippen molar-refractivity contribution in [1.29, 1.82) is 0 Å². The fourth-order valence-corrected chi connectivity index (χ4v) is 7.17. The van der Waals surface area contributed by atoms with Gasteiger partial charge in [-0.25, -0.2) is 13.2 Å². The molecular weight excluding hydrogens is 422 g/mol. The summed E-state index contributed by atoms with van der Waals surface area (Å²) >= 11 is 1.40. The third-order valence-corrected chi connectivity index (χ3v) is 8.78. The summed E-state index contributed by atoms with van der Waals surface area (Å²) in [6, 6.07) is 9.72.